The summed E-state index contributed by atoms with van der Waals surface area (Å²) >= 11 is 0. The lowest BCUT2D eigenvalue weighted by molar-refractivity contribution is -0.881. The highest BCUT2D eigenvalue weighted by atomic mass is 16.5. The molecule has 166 valence electrons. The molecule has 0 radical (unpaired) electrons. The maximum absolute atomic E-state index is 12.6. The van der Waals surface area contributed by atoms with Crippen LogP contribution in [0.25, 0.3) is 0 Å². The molecule has 0 saturated carbocycles. The maximum atomic E-state index is 12.6. The molecule has 3 rings (SSSR count). The molecule has 0 saturated heterocycles. The molecule has 0 fully saturated rings. The van der Waals surface area contributed by atoms with E-state index >= 15 is 0 Å². The topological polar surface area (TPSA) is 71.9 Å². The van der Waals surface area contributed by atoms with Gasteiger partial charge in [0, 0.05) is 11.8 Å². The number of amides is 2. The number of likely N-dealkylation sites (N-methyl/N-ethyl adjacent to an activating group) is 1. The molecule has 31 heavy (non-hydrogen) atoms. The Morgan fingerprint density at radius 2 is 1.77 bits per heavy atom. The van der Waals surface area contributed by atoms with Crippen LogP contribution in [0.15, 0.2) is 42.5 Å². The molecule has 6 heteroatoms. The molecular weight excluding hydrogens is 390 g/mol. The minimum Gasteiger partial charge on any atom is -0.497 e. The number of nitrogens with one attached hydrogen (secondary N) is 3. The highest BCUT2D eigenvalue weighted by molar-refractivity contribution is 5.91. The molecule has 1 unspecified atom stereocenters. The van der Waals surface area contributed by atoms with Gasteiger partial charge in [0.15, 0.2) is 13.1 Å². The molecule has 0 aliphatic heterocycles. The SMILES string of the molecule is CC[NH+](CC(=O)Nc1cccc(OC)c1)CC(=O)N[C@@H](C)c1ccc2c(c1)CCCC2. The van der Waals surface area contributed by atoms with E-state index in [0.717, 1.165) is 23.3 Å². The van der Waals surface area contributed by atoms with Crippen molar-refractivity contribution in [3.8, 4) is 5.75 Å². The highest BCUT2D eigenvalue weighted by Crippen LogP contribution is 2.24. The van der Waals surface area contributed by atoms with Gasteiger partial charge in [-0.3, -0.25) is 9.59 Å². The van der Waals surface area contributed by atoms with Gasteiger partial charge in [0.1, 0.15) is 5.75 Å². The molecule has 2 atom stereocenters. The number of methoxy groups -OCH3 is 1. The Morgan fingerprint density at radius 1 is 1.03 bits per heavy atom. The van der Waals surface area contributed by atoms with E-state index < -0.39 is 0 Å². The first kappa shape index (κ1) is 22.8. The molecule has 2 aromatic rings. The monoisotopic (exact) mass is 424 g/mol. The summed E-state index contributed by atoms with van der Waals surface area (Å²) in [5, 5.41) is 5.98. The van der Waals surface area contributed by atoms with Crippen molar-refractivity contribution < 1.29 is 19.2 Å². The fourth-order valence-corrected chi connectivity index (χ4v) is 4.07. The third-order valence-corrected chi connectivity index (χ3v) is 5.92. The van der Waals surface area contributed by atoms with Crippen molar-refractivity contribution in [2.75, 3.05) is 32.1 Å². The van der Waals surface area contributed by atoms with Crippen LogP contribution < -0.4 is 20.3 Å². The minimum absolute atomic E-state index is 0.0451. The molecule has 0 bridgehead atoms. The van der Waals surface area contributed by atoms with Crippen LogP contribution in [0, 0.1) is 0 Å². The Bertz CT molecular complexity index is 913. The number of fused-ring (bicyclic) bond motifs is 1. The van der Waals surface area contributed by atoms with Crippen LogP contribution in [-0.4, -0.2) is 38.6 Å². The molecular formula is C25H34N3O3+. The van der Waals surface area contributed by atoms with Crippen LogP contribution in [0.1, 0.15) is 49.4 Å². The largest absolute Gasteiger partial charge is 0.497 e. The van der Waals surface area contributed by atoms with E-state index in [4.69, 9.17) is 4.74 Å². The summed E-state index contributed by atoms with van der Waals surface area (Å²) in [4.78, 5) is 26.0. The van der Waals surface area contributed by atoms with E-state index in [1.807, 2.05) is 32.0 Å². The predicted octanol–water partition coefficient (Wildman–Crippen LogP) is 2.29. The van der Waals surface area contributed by atoms with E-state index in [0.29, 0.717) is 18.0 Å². The van der Waals surface area contributed by atoms with Gasteiger partial charge in [-0.25, -0.2) is 0 Å². The van der Waals surface area contributed by atoms with Crippen LogP contribution in [-0.2, 0) is 22.4 Å². The fourth-order valence-electron chi connectivity index (χ4n) is 4.07. The third kappa shape index (κ3) is 6.56. The Hall–Kier alpha value is -2.86. The molecule has 0 aromatic heterocycles. The van der Waals surface area contributed by atoms with E-state index in [1.54, 1.807) is 13.2 Å². The lowest BCUT2D eigenvalue weighted by Crippen LogP contribution is -3.14. The van der Waals surface area contributed by atoms with Gasteiger partial charge in [-0.1, -0.05) is 24.3 Å². The molecule has 6 nitrogen and oxygen atoms in total. The number of quaternary nitrogens is 1. The van der Waals surface area contributed by atoms with Gasteiger partial charge < -0.3 is 20.3 Å². The number of rotatable bonds is 9. The van der Waals surface area contributed by atoms with Crippen LogP contribution >= 0.6 is 0 Å². The van der Waals surface area contributed by atoms with Gasteiger partial charge in [0.05, 0.1) is 19.7 Å². The molecule has 0 spiro atoms. The first-order valence-corrected chi connectivity index (χ1v) is 11.2. The first-order chi connectivity index (χ1) is 15.0. The summed E-state index contributed by atoms with van der Waals surface area (Å²) in [6, 6.07) is 13.8. The van der Waals surface area contributed by atoms with Gasteiger partial charge in [-0.2, -0.15) is 0 Å². The number of anilines is 1. The van der Waals surface area contributed by atoms with Gasteiger partial charge in [0.2, 0.25) is 0 Å². The lowest BCUT2D eigenvalue weighted by atomic mass is 9.89. The van der Waals surface area contributed by atoms with Crippen molar-refractivity contribution in [1.29, 1.82) is 0 Å². The van der Waals surface area contributed by atoms with Crippen molar-refractivity contribution in [2.45, 2.75) is 45.6 Å². The zero-order chi connectivity index (χ0) is 22.2. The smallest absolute Gasteiger partial charge is 0.279 e. The summed E-state index contributed by atoms with van der Waals surface area (Å²) in [6.07, 6.45) is 4.78. The molecule has 0 heterocycles. The van der Waals surface area contributed by atoms with Gasteiger partial charge in [-0.15, -0.1) is 0 Å². The van der Waals surface area contributed by atoms with Gasteiger partial charge >= 0.3 is 0 Å². The number of hydrogen-bond acceptors (Lipinski definition) is 3. The van der Waals surface area contributed by atoms with Crippen molar-refractivity contribution >= 4 is 17.5 Å². The van der Waals surface area contributed by atoms with Crippen LogP contribution in [0.3, 0.4) is 0 Å². The average Bonchev–Trinajstić information content (AvgIpc) is 2.78. The Labute approximate surface area is 185 Å². The van der Waals surface area contributed by atoms with Crippen molar-refractivity contribution in [1.82, 2.24) is 5.32 Å². The van der Waals surface area contributed by atoms with Crippen LogP contribution in [0.4, 0.5) is 5.69 Å². The van der Waals surface area contributed by atoms with Crippen molar-refractivity contribution in [2.24, 2.45) is 0 Å². The third-order valence-electron chi connectivity index (χ3n) is 5.92. The van der Waals surface area contributed by atoms with E-state index in [-0.39, 0.29) is 30.9 Å². The predicted molar refractivity (Wildman–Crippen MR) is 123 cm³/mol. The van der Waals surface area contributed by atoms with Gasteiger partial charge in [0.25, 0.3) is 11.8 Å². The summed E-state index contributed by atoms with van der Waals surface area (Å²) in [5.41, 5.74) is 4.69. The maximum Gasteiger partial charge on any atom is 0.279 e. The molecule has 3 N–H and O–H groups in total. The zero-order valence-electron chi connectivity index (χ0n) is 18.8. The molecule has 2 aromatic carbocycles. The van der Waals surface area contributed by atoms with Crippen LogP contribution in [0.2, 0.25) is 0 Å². The Morgan fingerprint density at radius 3 is 2.52 bits per heavy atom. The minimum atomic E-state index is -0.124. The Balaban J connectivity index is 1.51. The molecule has 1 aliphatic rings. The normalized spacial score (nSPS) is 14.8. The second-order valence-corrected chi connectivity index (χ2v) is 8.26. The number of carbonyl (C=O) groups excluding carboxylic acids is 2. The first-order valence-electron chi connectivity index (χ1n) is 11.2. The van der Waals surface area contributed by atoms with Crippen molar-refractivity contribution in [3.63, 3.8) is 0 Å². The molecule has 1 aliphatic carbocycles. The van der Waals surface area contributed by atoms with Crippen molar-refractivity contribution in [3.05, 3.63) is 59.2 Å². The number of aryl methyl sites for hydroxylation is 2. The highest BCUT2D eigenvalue weighted by Gasteiger charge is 2.19. The number of ether oxygens (including phenoxy) is 1. The van der Waals surface area contributed by atoms with Gasteiger partial charge in [-0.05, 0) is 68.4 Å². The second-order valence-electron chi connectivity index (χ2n) is 8.26. The molecule has 2 amide bonds. The van der Waals surface area contributed by atoms with E-state index in [2.05, 4.69) is 28.8 Å². The lowest BCUT2D eigenvalue weighted by Gasteiger charge is -2.21. The quantitative estimate of drug-likeness (QED) is 0.578. The summed E-state index contributed by atoms with van der Waals surface area (Å²) in [7, 11) is 1.59. The van der Waals surface area contributed by atoms with Crippen LogP contribution in [0.5, 0.6) is 5.75 Å². The standard InChI is InChI=1S/C25H33N3O3/c1-4-28(17-25(30)27-22-10-7-11-23(15-22)31-3)16-24(29)26-18(2)20-13-12-19-8-5-6-9-21(19)14-20/h7,10-15,18H,4-6,8-9,16-17H2,1-3H3,(H,26,29)(H,27,30)/p+1/t18-/m0/s1. The number of carbonyl (C=O) groups is 2. The van der Waals surface area contributed by atoms with E-state index in [9.17, 15) is 9.59 Å². The number of benzene rings is 2. The zero-order valence-corrected chi connectivity index (χ0v) is 18.8. The Kier molecular flexibility index (Phi) is 8.06. The second kappa shape index (κ2) is 11.0. The summed E-state index contributed by atoms with van der Waals surface area (Å²) < 4.78 is 5.19. The average molecular weight is 425 g/mol. The van der Waals surface area contributed by atoms with E-state index in [1.165, 1.54) is 24.0 Å². The summed E-state index contributed by atoms with van der Waals surface area (Å²) in [6.45, 7) is 5.18. The summed E-state index contributed by atoms with van der Waals surface area (Å²) in [5.74, 6) is 0.518. The fraction of sp³-hybridized carbons (Fsp3) is 0.440. The number of hydrogen-bond donors (Lipinski definition) is 3.